The molecule has 4 heteroatoms. The molecular weight excluding hydrogens is 304 g/mol. The number of benzene rings is 1. The van der Waals surface area contributed by atoms with E-state index in [1.54, 1.807) is 0 Å². The molecule has 19 heavy (non-hydrogen) atoms. The van der Waals surface area contributed by atoms with Crippen LogP contribution in [0.4, 0.5) is 0 Å². The van der Waals surface area contributed by atoms with Crippen LogP contribution >= 0.6 is 15.9 Å². The van der Waals surface area contributed by atoms with Crippen molar-refractivity contribution in [3.63, 3.8) is 0 Å². The number of rotatable bonds is 1. The molecule has 1 unspecified atom stereocenters. The van der Waals surface area contributed by atoms with E-state index in [1.165, 1.54) is 0 Å². The Bertz CT molecular complexity index is 669. The molecule has 3 nitrogen and oxygen atoms in total. The zero-order chi connectivity index (χ0) is 13.4. The van der Waals surface area contributed by atoms with Gasteiger partial charge in [0.1, 0.15) is 6.07 Å². The van der Waals surface area contributed by atoms with Crippen LogP contribution in [0.2, 0.25) is 0 Å². The van der Waals surface area contributed by atoms with Crippen LogP contribution < -0.4 is 0 Å². The summed E-state index contributed by atoms with van der Waals surface area (Å²) in [5.41, 5.74) is 3.62. The molecule has 1 aromatic carbocycles. The van der Waals surface area contributed by atoms with Crippen molar-refractivity contribution in [2.75, 3.05) is 0 Å². The summed E-state index contributed by atoms with van der Waals surface area (Å²) in [4.78, 5) is 0. The van der Waals surface area contributed by atoms with Gasteiger partial charge in [-0.05, 0) is 43.5 Å². The Labute approximate surface area is 120 Å². The number of aromatic nitrogens is 1. The molecule has 1 aliphatic rings. The van der Waals surface area contributed by atoms with Gasteiger partial charge < -0.3 is 9.67 Å². The topological polar surface area (TPSA) is 49.0 Å². The zero-order valence-electron chi connectivity index (χ0n) is 10.3. The van der Waals surface area contributed by atoms with Gasteiger partial charge in [0, 0.05) is 21.9 Å². The minimum atomic E-state index is -0.373. The fourth-order valence-corrected chi connectivity index (χ4v) is 3.04. The largest absolute Gasteiger partial charge is 0.388 e. The van der Waals surface area contributed by atoms with Gasteiger partial charge in [0.05, 0.1) is 17.4 Å². The Morgan fingerprint density at radius 2 is 2.21 bits per heavy atom. The number of aliphatic hydroxyl groups excluding tert-OH is 1. The highest BCUT2D eigenvalue weighted by atomic mass is 79.9. The fraction of sp³-hybridized carbons (Fsp3) is 0.267. The molecule has 0 spiro atoms. The highest BCUT2D eigenvalue weighted by Gasteiger charge is 2.22. The van der Waals surface area contributed by atoms with Crippen LogP contribution in [0, 0.1) is 11.3 Å². The Balaban J connectivity index is 2.19. The summed E-state index contributed by atoms with van der Waals surface area (Å²) < 4.78 is 2.97. The van der Waals surface area contributed by atoms with Crippen molar-refractivity contribution in [3.05, 3.63) is 51.8 Å². The first-order valence-electron chi connectivity index (χ1n) is 6.29. The second-order valence-corrected chi connectivity index (χ2v) is 5.68. The molecule has 1 N–H and O–H groups in total. The Morgan fingerprint density at radius 1 is 1.37 bits per heavy atom. The lowest BCUT2D eigenvalue weighted by Gasteiger charge is -2.20. The minimum Gasteiger partial charge on any atom is -0.388 e. The maximum Gasteiger partial charge on any atom is 0.101 e. The second kappa shape index (κ2) is 4.84. The summed E-state index contributed by atoms with van der Waals surface area (Å²) in [7, 11) is 0. The molecule has 0 saturated heterocycles. The van der Waals surface area contributed by atoms with Crippen molar-refractivity contribution in [1.82, 2.24) is 4.57 Å². The normalized spacial score (nSPS) is 17.8. The summed E-state index contributed by atoms with van der Waals surface area (Å²) in [6.45, 7) is 0. The standard InChI is InChI=1S/C15H13BrN2O/c16-11-5-4-10(9-17)14(8-11)18-7-6-12-13(18)2-1-3-15(12)19/h4-8,15,19H,1-3H2. The van der Waals surface area contributed by atoms with E-state index in [0.29, 0.717) is 5.56 Å². The predicted molar refractivity (Wildman–Crippen MR) is 76.1 cm³/mol. The number of fused-ring (bicyclic) bond motifs is 1. The van der Waals surface area contributed by atoms with E-state index >= 15 is 0 Å². The van der Waals surface area contributed by atoms with Crippen molar-refractivity contribution in [3.8, 4) is 11.8 Å². The molecule has 0 aliphatic heterocycles. The van der Waals surface area contributed by atoms with Crippen molar-refractivity contribution in [1.29, 1.82) is 5.26 Å². The Morgan fingerprint density at radius 3 is 3.00 bits per heavy atom. The third kappa shape index (κ3) is 2.09. The van der Waals surface area contributed by atoms with Crippen molar-refractivity contribution < 1.29 is 5.11 Å². The molecule has 3 rings (SSSR count). The maximum atomic E-state index is 10.0. The number of nitrogens with zero attached hydrogens (tertiary/aromatic N) is 2. The third-order valence-electron chi connectivity index (χ3n) is 3.62. The van der Waals surface area contributed by atoms with Crippen LogP contribution in [0.1, 0.15) is 35.8 Å². The van der Waals surface area contributed by atoms with E-state index < -0.39 is 0 Å². The van der Waals surface area contributed by atoms with E-state index in [-0.39, 0.29) is 6.10 Å². The van der Waals surface area contributed by atoms with Crippen LogP contribution in [0.15, 0.2) is 34.9 Å². The Kier molecular flexibility index (Phi) is 3.17. The summed E-state index contributed by atoms with van der Waals surface area (Å²) in [5, 5.41) is 19.3. The highest BCUT2D eigenvalue weighted by Crippen LogP contribution is 2.33. The van der Waals surface area contributed by atoms with Gasteiger partial charge in [-0.1, -0.05) is 15.9 Å². The van der Waals surface area contributed by atoms with Gasteiger partial charge in [0.15, 0.2) is 0 Å². The molecule has 0 bridgehead atoms. The molecule has 0 saturated carbocycles. The molecule has 0 fully saturated rings. The van der Waals surface area contributed by atoms with E-state index in [4.69, 9.17) is 0 Å². The van der Waals surface area contributed by atoms with Crippen LogP contribution in [0.25, 0.3) is 5.69 Å². The molecular formula is C15H13BrN2O. The summed E-state index contributed by atoms with van der Waals surface area (Å²) in [6, 6.07) is 9.81. The minimum absolute atomic E-state index is 0.373. The second-order valence-electron chi connectivity index (χ2n) is 4.77. The molecule has 0 amide bonds. The van der Waals surface area contributed by atoms with Crippen LogP contribution in [0.5, 0.6) is 0 Å². The number of halogens is 1. The number of nitriles is 1. The zero-order valence-corrected chi connectivity index (χ0v) is 11.9. The quantitative estimate of drug-likeness (QED) is 0.875. The van der Waals surface area contributed by atoms with Gasteiger partial charge in [-0.2, -0.15) is 5.26 Å². The average molecular weight is 317 g/mol. The van der Waals surface area contributed by atoms with Gasteiger partial charge in [-0.3, -0.25) is 0 Å². The third-order valence-corrected chi connectivity index (χ3v) is 4.11. The van der Waals surface area contributed by atoms with Crippen molar-refractivity contribution >= 4 is 15.9 Å². The van der Waals surface area contributed by atoms with Gasteiger partial charge in [-0.25, -0.2) is 0 Å². The average Bonchev–Trinajstić information content (AvgIpc) is 2.84. The maximum absolute atomic E-state index is 10.0. The van der Waals surface area contributed by atoms with Crippen LogP contribution in [0.3, 0.4) is 0 Å². The van der Waals surface area contributed by atoms with Crippen LogP contribution in [-0.4, -0.2) is 9.67 Å². The van der Waals surface area contributed by atoms with E-state index in [2.05, 4.69) is 22.0 Å². The SMILES string of the molecule is N#Cc1ccc(Br)cc1-n1ccc2c1CCCC2O. The molecule has 1 atom stereocenters. The van der Waals surface area contributed by atoms with Crippen LogP contribution in [-0.2, 0) is 6.42 Å². The summed E-state index contributed by atoms with van der Waals surface area (Å²) >= 11 is 3.45. The molecule has 1 heterocycles. The monoisotopic (exact) mass is 316 g/mol. The summed E-state index contributed by atoms with van der Waals surface area (Å²) in [6.07, 6.45) is 4.32. The Hall–Kier alpha value is -1.57. The number of aliphatic hydroxyl groups is 1. The molecule has 96 valence electrons. The van der Waals surface area contributed by atoms with Gasteiger partial charge in [0.25, 0.3) is 0 Å². The lowest BCUT2D eigenvalue weighted by atomic mass is 9.95. The first kappa shape index (κ1) is 12.5. The van der Waals surface area contributed by atoms with E-state index in [9.17, 15) is 10.4 Å². The number of hydrogen-bond donors (Lipinski definition) is 1. The number of hydrogen-bond acceptors (Lipinski definition) is 2. The van der Waals surface area contributed by atoms with Gasteiger partial charge >= 0.3 is 0 Å². The lowest BCUT2D eigenvalue weighted by Crippen LogP contribution is -2.11. The fourth-order valence-electron chi connectivity index (χ4n) is 2.69. The smallest absolute Gasteiger partial charge is 0.101 e. The highest BCUT2D eigenvalue weighted by molar-refractivity contribution is 9.10. The first-order valence-corrected chi connectivity index (χ1v) is 7.08. The molecule has 2 aromatic rings. The van der Waals surface area contributed by atoms with Gasteiger partial charge in [-0.15, -0.1) is 0 Å². The van der Waals surface area contributed by atoms with E-state index in [1.807, 2.05) is 35.0 Å². The molecule has 1 aromatic heterocycles. The first-order chi connectivity index (χ1) is 9.20. The predicted octanol–water partition coefficient (Wildman–Crippen LogP) is 3.48. The van der Waals surface area contributed by atoms with Crippen molar-refractivity contribution in [2.24, 2.45) is 0 Å². The van der Waals surface area contributed by atoms with Crippen molar-refractivity contribution in [2.45, 2.75) is 25.4 Å². The lowest BCUT2D eigenvalue weighted by molar-refractivity contribution is 0.156. The molecule has 0 radical (unpaired) electrons. The van der Waals surface area contributed by atoms with Gasteiger partial charge in [0.2, 0.25) is 0 Å². The molecule has 1 aliphatic carbocycles. The van der Waals surface area contributed by atoms with E-state index in [0.717, 1.165) is 40.7 Å². The summed E-state index contributed by atoms with van der Waals surface area (Å²) in [5.74, 6) is 0.